The lowest BCUT2D eigenvalue weighted by atomic mass is 10.0. The molecule has 148 valence electrons. The van der Waals surface area contributed by atoms with Gasteiger partial charge >= 0.3 is 0 Å². The molecule has 1 fully saturated rings. The molecule has 0 aliphatic carbocycles. The number of rotatable bonds is 7. The van der Waals surface area contributed by atoms with Crippen molar-refractivity contribution in [3.05, 3.63) is 78.1 Å². The normalized spacial score (nSPS) is 17.1. The third kappa shape index (κ3) is 4.91. The molecule has 0 N–H and O–H groups in total. The molecule has 1 aromatic heterocycles. The Kier molecular flexibility index (Phi) is 7.43. The zero-order valence-electron chi connectivity index (χ0n) is 16.6. The van der Waals surface area contributed by atoms with Crippen molar-refractivity contribution in [3.63, 3.8) is 0 Å². The summed E-state index contributed by atoms with van der Waals surface area (Å²) in [5.41, 5.74) is 2.76. The van der Waals surface area contributed by atoms with E-state index in [0.717, 1.165) is 26.2 Å². The van der Waals surface area contributed by atoms with E-state index < -0.39 is 0 Å². The van der Waals surface area contributed by atoms with Crippen LogP contribution in [0.5, 0.6) is 0 Å². The quantitative estimate of drug-likeness (QED) is 0.552. The Bertz CT molecular complexity index is 863. The molecule has 1 unspecified atom stereocenters. The molecule has 3 aromatic rings. The van der Waals surface area contributed by atoms with E-state index in [1.807, 2.05) is 12.4 Å². The fourth-order valence-electron chi connectivity index (χ4n) is 4.42. The van der Waals surface area contributed by atoms with Crippen LogP contribution < -0.4 is 0 Å². The molecule has 2 aromatic carbocycles. The average Bonchev–Trinajstić information content (AvgIpc) is 3.16. The van der Waals surface area contributed by atoms with Crippen molar-refractivity contribution in [1.82, 2.24) is 14.8 Å². The van der Waals surface area contributed by atoms with E-state index in [0.29, 0.717) is 6.04 Å². The Morgan fingerprint density at radius 3 is 2.61 bits per heavy atom. The molecule has 0 spiro atoms. The maximum atomic E-state index is 4.18. The Balaban J connectivity index is 0.00000225. The molecule has 4 rings (SSSR count). The molecule has 0 radical (unpaired) electrons. The van der Waals surface area contributed by atoms with Crippen molar-refractivity contribution in [2.24, 2.45) is 0 Å². The number of halogens is 1. The molecule has 1 atom stereocenters. The summed E-state index contributed by atoms with van der Waals surface area (Å²) in [5.74, 6) is 0. The standard InChI is InChI=1S/C24H29N3.ClH/c1-2-27-16-6-10-23(27)19-26(17-20-12-14-25-15-13-20)18-22-9-5-8-21-7-3-4-11-24(21)22;/h3-5,7-9,11-15,23H,2,6,10,16-19H2,1H3;1H. The van der Waals surface area contributed by atoms with E-state index in [4.69, 9.17) is 0 Å². The molecule has 1 aliphatic rings. The lowest BCUT2D eigenvalue weighted by Gasteiger charge is -2.30. The molecule has 4 heteroatoms. The summed E-state index contributed by atoms with van der Waals surface area (Å²) < 4.78 is 0. The van der Waals surface area contributed by atoms with Gasteiger partial charge in [0.15, 0.2) is 0 Å². The molecule has 1 saturated heterocycles. The van der Waals surface area contributed by atoms with Gasteiger partial charge in [-0.2, -0.15) is 0 Å². The third-order valence-corrected chi connectivity index (χ3v) is 5.80. The predicted molar refractivity (Wildman–Crippen MR) is 120 cm³/mol. The number of benzene rings is 2. The molecular weight excluding hydrogens is 366 g/mol. The number of pyridine rings is 1. The SMILES string of the molecule is CCN1CCCC1CN(Cc1ccncc1)Cc1cccc2ccccc12.Cl. The Morgan fingerprint density at radius 2 is 1.79 bits per heavy atom. The summed E-state index contributed by atoms with van der Waals surface area (Å²) in [7, 11) is 0. The Morgan fingerprint density at radius 1 is 1.00 bits per heavy atom. The molecule has 0 saturated carbocycles. The maximum absolute atomic E-state index is 4.18. The zero-order chi connectivity index (χ0) is 18.5. The summed E-state index contributed by atoms with van der Waals surface area (Å²) in [5, 5.41) is 2.70. The smallest absolute Gasteiger partial charge is 0.0271 e. The van der Waals surface area contributed by atoms with Gasteiger partial charge in [-0.3, -0.25) is 14.8 Å². The lowest BCUT2D eigenvalue weighted by Crippen LogP contribution is -2.39. The Labute approximate surface area is 174 Å². The highest BCUT2D eigenvalue weighted by Gasteiger charge is 2.25. The van der Waals surface area contributed by atoms with Crippen LogP contribution in [0.1, 0.15) is 30.9 Å². The largest absolute Gasteiger partial charge is 0.299 e. The number of hydrogen-bond donors (Lipinski definition) is 0. The van der Waals surface area contributed by atoms with Gasteiger partial charge < -0.3 is 0 Å². The highest BCUT2D eigenvalue weighted by molar-refractivity contribution is 5.86. The fraction of sp³-hybridized carbons (Fsp3) is 0.375. The average molecular weight is 396 g/mol. The minimum Gasteiger partial charge on any atom is -0.299 e. The van der Waals surface area contributed by atoms with Crippen LogP contribution in [-0.4, -0.2) is 40.5 Å². The van der Waals surface area contributed by atoms with Gasteiger partial charge in [-0.15, -0.1) is 12.4 Å². The lowest BCUT2D eigenvalue weighted by molar-refractivity contribution is 0.166. The Hall–Kier alpha value is -1.94. The van der Waals surface area contributed by atoms with Gasteiger partial charge in [0.05, 0.1) is 0 Å². The van der Waals surface area contributed by atoms with Crippen molar-refractivity contribution in [1.29, 1.82) is 0 Å². The third-order valence-electron chi connectivity index (χ3n) is 5.80. The minimum absolute atomic E-state index is 0. The van der Waals surface area contributed by atoms with Gasteiger partial charge in [-0.1, -0.05) is 49.4 Å². The first kappa shape index (κ1) is 20.8. The summed E-state index contributed by atoms with van der Waals surface area (Å²) in [6.45, 7) is 7.77. The van der Waals surface area contributed by atoms with Gasteiger partial charge in [-0.25, -0.2) is 0 Å². The minimum atomic E-state index is 0. The van der Waals surface area contributed by atoms with E-state index in [1.165, 1.54) is 41.3 Å². The number of likely N-dealkylation sites (N-methyl/N-ethyl adjacent to an activating group) is 1. The topological polar surface area (TPSA) is 19.4 Å². The first-order valence-electron chi connectivity index (χ1n) is 10.2. The molecule has 1 aliphatic heterocycles. The number of fused-ring (bicyclic) bond motifs is 1. The van der Waals surface area contributed by atoms with E-state index in [9.17, 15) is 0 Å². The van der Waals surface area contributed by atoms with Gasteiger partial charge in [0.2, 0.25) is 0 Å². The number of aromatic nitrogens is 1. The zero-order valence-corrected chi connectivity index (χ0v) is 17.4. The van der Waals surface area contributed by atoms with Crippen molar-refractivity contribution >= 4 is 23.2 Å². The molecule has 0 bridgehead atoms. The van der Waals surface area contributed by atoms with E-state index >= 15 is 0 Å². The van der Waals surface area contributed by atoms with Gasteiger partial charge in [0.1, 0.15) is 0 Å². The second kappa shape index (κ2) is 10.0. The van der Waals surface area contributed by atoms with Crippen LogP contribution in [0.2, 0.25) is 0 Å². The predicted octanol–water partition coefficient (Wildman–Crippen LogP) is 5.14. The number of likely N-dealkylation sites (tertiary alicyclic amines) is 1. The van der Waals surface area contributed by atoms with Crippen LogP contribution in [0.4, 0.5) is 0 Å². The monoisotopic (exact) mass is 395 g/mol. The van der Waals surface area contributed by atoms with Gasteiger partial charge in [0.25, 0.3) is 0 Å². The molecule has 2 heterocycles. The van der Waals surface area contributed by atoms with Crippen molar-refractivity contribution in [2.45, 2.75) is 38.9 Å². The second-order valence-electron chi connectivity index (χ2n) is 7.59. The maximum Gasteiger partial charge on any atom is 0.0271 e. The van der Waals surface area contributed by atoms with Crippen LogP contribution in [0, 0.1) is 0 Å². The summed E-state index contributed by atoms with van der Waals surface area (Å²) >= 11 is 0. The highest BCUT2D eigenvalue weighted by Crippen LogP contribution is 2.23. The second-order valence-corrected chi connectivity index (χ2v) is 7.59. The first-order chi connectivity index (χ1) is 13.3. The molecule has 0 amide bonds. The number of nitrogens with zero attached hydrogens (tertiary/aromatic N) is 3. The highest BCUT2D eigenvalue weighted by atomic mass is 35.5. The van der Waals surface area contributed by atoms with Crippen molar-refractivity contribution in [2.75, 3.05) is 19.6 Å². The van der Waals surface area contributed by atoms with E-state index in [1.54, 1.807) is 0 Å². The first-order valence-corrected chi connectivity index (χ1v) is 10.2. The molecule has 3 nitrogen and oxygen atoms in total. The van der Waals surface area contributed by atoms with E-state index in [2.05, 4.69) is 76.3 Å². The molecule has 28 heavy (non-hydrogen) atoms. The molecular formula is C24H30ClN3. The summed E-state index contributed by atoms with van der Waals surface area (Å²) in [6, 6.07) is 20.4. The van der Waals surface area contributed by atoms with Crippen LogP contribution in [0.25, 0.3) is 10.8 Å². The van der Waals surface area contributed by atoms with Crippen LogP contribution in [0.15, 0.2) is 67.0 Å². The number of hydrogen-bond acceptors (Lipinski definition) is 3. The van der Waals surface area contributed by atoms with Gasteiger partial charge in [0, 0.05) is 38.1 Å². The van der Waals surface area contributed by atoms with Crippen LogP contribution in [0.3, 0.4) is 0 Å². The van der Waals surface area contributed by atoms with Crippen LogP contribution in [-0.2, 0) is 13.1 Å². The van der Waals surface area contributed by atoms with Crippen molar-refractivity contribution < 1.29 is 0 Å². The van der Waals surface area contributed by atoms with E-state index in [-0.39, 0.29) is 12.4 Å². The summed E-state index contributed by atoms with van der Waals surface area (Å²) in [6.07, 6.45) is 6.45. The summed E-state index contributed by atoms with van der Waals surface area (Å²) in [4.78, 5) is 9.44. The van der Waals surface area contributed by atoms with Crippen molar-refractivity contribution in [3.8, 4) is 0 Å². The fourth-order valence-corrected chi connectivity index (χ4v) is 4.42. The van der Waals surface area contributed by atoms with Gasteiger partial charge in [-0.05, 0) is 60.0 Å². The van der Waals surface area contributed by atoms with Crippen LogP contribution >= 0.6 is 12.4 Å².